The molecule has 0 aromatic heterocycles. The average molecular weight is 247 g/mol. The Bertz CT molecular complexity index is 330. The summed E-state index contributed by atoms with van der Waals surface area (Å²) in [6.45, 7) is 2.44. The molecule has 0 aliphatic carbocycles. The van der Waals surface area contributed by atoms with Gasteiger partial charge in [-0.05, 0) is 57.3 Å². The lowest BCUT2D eigenvalue weighted by Crippen LogP contribution is -2.36. The van der Waals surface area contributed by atoms with E-state index in [9.17, 15) is 0 Å². The van der Waals surface area contributed by atoms with Crippen LogP contribution in [0.3, 0.4) is 0 Å². The standard InChI is InChI=1S/C16H25NO/c1-17-12-10-15(11-13-17)16(18-2)9-8-14-6-4-3-5-7-14/h3-7,15-16H,8-13H2,1-2H3. The van der Waals surface area contributed by atoms with Crippen molar-refractivity contribution >= 4 is 0 Å². The fourth-order valence-corrected chi connectivity index (χ4v) is 2.90. The summed E-state index contributed by atoms with van der Waals surface area (Å²) in [5.74, 6) is 0.745. The van der Waals surface area contributed by atoms with Crippen LogP contribution in [0.2, 0.25) is 0 Å². The number of benzene rings is 1. The van der Waals surface area contributed by atoms with E-state index in [-0.39, 0.29) is 0 Å². The van der Waals surface area contributed by atoms with Gasteiger partial charge < -0.3 is 9.64 Å². The average Bonchev–Trinajstić information content (AvgIpc) is 2.42. The summed E-state index contributed by atoms with van der Waals surface area (Å²) in [5.41, 5.74) is 1.42. The smallest absolute Gasteiger partial charge is 0.0603 e. The fourth-order valence-electron chi connectivity index (χ4n) is 2.90. The Hall–Kier alpha value is -0.860. The van der Waals surface area contributed by atoms with Crippen molar-refractivity contribution in [3.63, 3.8) is 0 Å². The number of hydrogen-bond donors (Lipinski definition) is 0. The van der Waals surface area contributed by atoms with Crippen LogP contribution in [0, 0.1) is 5.92 Å². The van der Waals surface area contributed by atoms with Gasteiger partial charge in [-0.15, -0.1) is 0 Å². The Labute approximate surface area is 111 Å². The first-order valence-electron chi connectivity index (χ1n) is 7.05. The molecule has 0 saturated carbocycles. The van der Waals surface area contributed by atoms with Crippen LogP contribution in [0.1, 0.15) is 24.8 Å². The first-order chi connectivity index (χ1) is 8.79. The maximum atomic E-state index is 5.73. The number of aryl methyl sites for hydroxylation is 1. The van der Waals surface area contributed by atoms with Gasteiger partial charge in [0.2, 0.25) is 0 Å². The molecule has 1 aromatic carbocycles. The highest BCUT2D eigenvalue weighted by Gasteiger charge is 2.24. The van der Waals surface area contributed by atoms with Crippen molar-refractivity contribution < 1.29 is 4.74 Å². The molecule has 2 nitrogen and oxygen atoms in total. The monoisotopic (exact) mass is 247 g/mol. The van der Waals surface area contributed by atoms with Crippen molar-refractivity contribution in [3.8, 4) is 0 Å². The molecule has 1 aliphatic heterocycles. The molecule has 0 radical (unpaired) electrons. The third-order valence-corrected chi connectivity index (χ3v) is 4.15. The normalized spacial score (nSPS) is 19.9. The van der Waals surface area contributed by atoms with E-state index >= 15 is 0 Å². The Morgan fingerprint density at radius 3 is 2.50 bits per heavy atom. The van der Waals surface area contributed by atoms with E-state index in [4.69, 9.17) is 4.74 Å². The highest BCUT2D eigenvalue weighted by molar-refractivity contribution is 5.14. The molecule has 1 aliphatic rings. The number of likely N-dealkylation sites (tertiary alicyclic amines) is 1. The van der Waals surface area contributed by atoms with E-state index in [0.717, 1.165) is 18.8 Å². The SMILES string of the molecule is COC(CCc1ccccc1)C1CCN(C)CC1. The van der Waals surface area contributed by atoms with Crippen molar-refractivity contribution in [2.75, 3.05) is 27.2 Å². The second-order valence-electron chi connectivity index (χ2n) is 5.44. The van der Waals surface area contributed by atoms with Crippen LogP contribution in [0.15, 0.2) is 30.3 Å². The molecule has 0 amide bonds. The molecule has 1 heterocycles. The topological polar surface area (TPSA) is 12.5 Å². The van der Waals surface area contributed by atoms with Crippen molar-refractivity contribution in [2.45, 2.75) is 31.8 Å². The number of methoxy groups -OCH3 is 1. The van der Waals surface area contributed by atoms with Gasteiger partial charge in [-0.25, -0.2) is 0 Å². The van der Waals surface area contributed by atoms with Gasteiger partial charge in [0.05, 0.1) is 6.10 Å². The van der Waals surface area contributed by atoms with Crippen molar-refractivity contribution in [2.24, 2.45) is 5.92 Å². The van der Waals surface area contributed by atoms with Gasteiger partial charge in [-0.3, -0.25) is 0 Å². The predicted octanol–water partition coefficient (Wildman–Crippen LogP) is 2.98. The van der Waals surface area contributed by atoms with Crippen LogP contribution in [-0.2, 0) is 11.2 Å². The number of ether oxygens (including phenoxy) is 1. The van der Waals surface area contributed by atoms with Gasteiger partial charge in [0.25, 0.3) is 0 Å². The summed E-state index contributed by atoms with van der Waals surface area (Å²) in [6.07, 6.45) is 5.27. The van der Waals surface area contributed by atoms with Gasteiger partial charge in [0.15, 0.2) is 0 Å². The number of piperidine rings is 1. The lowest BCUT2D eigenvalue weighted by atomic mass is 9.88. The van der Waals surface area contributed by atoms with E-state index in [0.29, 0.717) is 6.10 Å². The lowest BCUT2D eigenvalue weighted by Gasteiger charge is -2.33. The maximum absolute atomic E-state index is 5.73. The molecule has 2 rings (SSSR count). The minimum Gasteiger partial charge on any atom is -0.381 e. The first-order valence-corrected chi connectivity index (χ1v) is 7.05. The van der Waals surface area contributed by atoms with E-state index < -0.39 is 0 Å². The Morgan fingerprint density at radius 2 is 1.89 bits per heavy atom. The summed E-state index contributed by atoms with van der Waals surface area (Å²) in [7, 11) is 4.08. The van der Waals surface area contributed by atoms with Crippen LogP contribution >= 0.6 is 0 Å². The Balaban J connectivity index is 1.82. The van der Waals surface area contributed by atoms with Gasteiger partial charge in [0, 0.05) is 7.11 Å². The number of hydrogen-bond acceptors (Lipinski definition) is 2. The maximum Gasteiger partial charge on any atom is 0.0603 e. The molecular weight excluding hydrogens is 222 g/mol. The third-order valence-electron chi connectivity index (χ3n) is 4.15. The quantitative estimate of drug-likeness (QED) is 0.793. The predicted molar refractivity (Wildman–Crippen MR) is 75.8 cm³/mol. The largest absolute Gasteiger partial charge is 0.381 e. The molecule has 18 heavy (non-hydrogen) atoms. The molecule has 1 atom stereocenters. The van der Waals surface area contributed by atoms with Gasteiger partial charge >= 0.3 is 0 Å². The number of rotatable bonds is 5. The van der Waals surface area contributed by atoms with Crippen LogP contribution < -0.4 is 0 Å². The zero-order valence-corrected chi connectivity index (χ0v) is 11.6. The zero-order valence-electron chi connectivity index (χ0n) is 11.6. The number of nitrogens with zero attached hydrogens (tertiary/aromatic N) is 1. The van der Waals surface area contributed by atoms with Gasteiger partial charge in [-0.2, -0.15) is 0 Å². The molecule has 0 bridgehead atoms. The fraction of sp³-hybridized carbons (Fsp3) is 0.625. The Morgan fingerprint density at radius 1 is 1.22 bits per heavy atom. The van der Waals surface area contributed by atoms with Crippen LogP contribution in [-0.4, -0.2) is 38.3 Å². The molecule has 0 spiro atoms. The molecule has 1 saturated heterocycles. The van der Waals surface area contributed by atoms with Crippen LogP contribution in [0.5, 0.6) is 0 Å². The Kier molecular flexibility index (Phi) is 5.21. The highest BCUT2D eigenvalue weighted by atomic mass is 16.5. The van der Waals surface area contributed by atoms with E-state index in [1.54, 1.807) is 0 Å². The summed E-state index contributed by atoms with van der Waals surface area (Å²) in [4.78, 5) is 2.42. The minimum atomic E-state index is 0.430. The van der Waals surface area contributed by atoms with Crippen molar-refractivity contribution in [1.29, 1.82) is 0 Å². The second-order valence-corrected chi connectivity index (χ2v) is 5.44. The first kappa shape index (κ1) is 13.6. The van der Waals surface area contributed by atoms with Crippen LogP contribution in [0.25, 0.3) is 0 Å². The molecule has 0 N–H and O–H groups in total. The molecule has 1 unspecified atom stereocenters. The summed E-state index contributed by atoms with van der Waals surface area (Å²) >= 11 is 0. The van der Waals surface area contributed by atoms with Crippen LogP contribution in [0.4, 0.5) is 0 Å². The molecule has 1 fully saturated rings. The van der Waals surface area contributed by atoms with Crippen molar-refractivity contribution in [3.05, 3.63) is 35.9 Å². The molecule has 100 valence electrons. The van der Waals surface area contributed by atoms with Crippen molar-refractivity contribution in [1.82, 2.24) is 4.90 Å². The van der Waals surface area contributed by atoms with Gasteiger partial charge in [-0.1, -0.05) is 30.3 Å². The lowest BCUT2D eigenvalue weighted by molar-refractivity contribution is 0.0201. The summed E-state index contributed by atoms with van der Waals surface area (Å²) < 4.78 is 5.73. The van der Waals surface area contributed by atoms with E-state index in [1.165, 1.54) is 31.5 Å². The second kappa shape index (κ2) is 6.91. The van der Waals surface area contributed by atoms with E-state index in [1.807, 2.05) is 7.11 Å². The van der Waals surface area contributed by atoms with E-state index in [2.05, 4.69) is 42.3 Å². The minimum absolute atomic E-state index is 0.430. The summed E-state index contributed by atoms with van der Waals surface area (Å²) in [6, 6.07) is 10.7. The zero-order chi connectivity index (χ0) is 12.8. The molecule has 1 aromatic rings. The molecular formula is C16H25NO. The summed E-state index contributed by atoms with van der Waals surface area (Å²) in [5, 5.41) is 0. The molecule has 2 heteroatoms. The third kappa shape index (κ3) is 3.82. The highest BCUT2D eigenvalue weighted by Crippen LogP contribution is 2.24. The van der Waals surface area contributed by atoms with Gasteiger partial charge in [0.1, 0.15) is 0 Å².